The van der Waals surface area contributed by atoms with E-state index in [2.05, 4.69) is 0 Å². The van der Waals surface area contributed by atoms with Gasteiger partial charge in [0.1, 0.15) is 0 Å². The van der Waals surface area contributed by atoms with Crippen molar-refractivity contribution in [1.82, 2.24) is 0 Å². The third-order valence-electron chi connectivity index (χ3n) is 1.65. The van der Waals surface area contributed by atoms with Crippen LogP contribution >= 0.6 is 15.2 Å². The molecule has 0 aromatic carbocycles. The normalized spacial score (nSPS) is 12.6. The standard InChI is InChI=1S/C4H13NO7P2.Na.H2O/c5-3-1-2-4(6,13(7,8)9)14(10,11)12;;/h6H,1-3,5H2,(H2,7,8,9)(H2,10,11,12);;1H2. The topological polar surface area (TPSA) is 193 Å². The van der Waals surface area contributed by atoms with E-state index >= 15 is 0 Å². The third kappa shape index (κ3) is 5.22. The third-order valence-corrected chi connectivity index (χ3v) is 5.53. The summed E-state index contributed by atoms with van der Waals surface area (Å²) < 4.78 is 21.4. The van der Waals surface area contributed by atoms with Crippen molar-refractivity contribution in [1.29, 1.82) is 0 Å². The smallest absolute Gasteiger partial charge is 0.369 e. The van der Waals surface area contributed by atoms with Gasteiger partial charge in [-0.2, -0.15) is 0 Å². The zero-order chi connectivity index (χ0) is 11.6. The van der Waals surface area contributed by atoms with Crippen molar-refractivity contribution in [3.05, 3.63) is 0 Å². The Hall–Kier alpha value is 1.18. The molecule has 0 fully saturated rings. The van der Waals surface area contributed by atoms with Gasteiger partial charge in [-0.3, -0.25) is 9.13 Å². The number of rotatable bonds is 5. The van der Waals surface area contributed by atoms with Crippen molar-refractivity contribution in [2.24, 2.45) is 5.73 Å². The summed E-state index contributed by atoms with van der Waals surface area (Å²) in [5.41, 5.74) is 5.01. The first-order valence-electron chi connectivity index (χ1n) is 3.60. The van der Waals surface area contributed by atoms with E-state index in [-0.39, 0.29) is 48.0 Å². The molecule has 0 bridgehead atoms. The van der Waals surface area contributed by atoms with Crippen LogP contribution in [-0.2, 0) is 9.13 Å². The molecule has 9 nitrogen and oxygen atoms in total. The summed E-state index contributed by atoms with van der Waals surface area (Å²) in [5, 5.41) is 5.91. The van der Waals surface area contributed by atoms with Gasteiger partial charge in [0.15, 0.2) is 0 Å². The Kier molecular flexibility index (Phi) is 10.6. The summed E-state index contributed by atoms with van der Waals surface area (Å²) >= 11 is 0. The molecule has 9 N–H and O–H groups in total. The molecule has 0 amide bonds. The van der Waals surface area contributed by atoms with E-state index in [1.165, 1.54) is 0 Å². The maximum absolute atomic E-state index is 10.7. The van der Waals surface area contributed by atoms with E-state index in [1.54, 1.807) is 0 Å². The Morgan fingerprint density at radius 3 is 1.56 bits per heavy atom. The monoisotopic (exact) mass is 290 g/mol. The molecule has 0 saturated carbocycles. The van der Waals surface area contributed by atoms with Crippen LogP contribution < -0.4 is 5.73 Å². The van der Waals surface area contributed by atoms with Gasteiger partial charge < -0.3 is 35.9 Å². The molecule has 0 unspecified atom stereocenters. The molecule has 95 valence electrons. The van der Waals surface area contributed by atoms with Gasteiger partial charge in [0, 0.05) is 36.0 Å². The molecular weight excluding hydrogens is 275 g/mol. The second-order valence-electron chi connectivity index (χ2n) is 2.75. The Morgan fingerprint density at radius 1 is 1.06 bits per heavy atom. The van der Waals surface area contributed by atoms with Gasteiger partial charge >= 0.3 is 15.2 Å². The molecule has 16 heavy (non-hydrogen) atoms. The molecule has 0 heterocycles. The Balaban J connectivity index is -0.000000845. The Labute approximate surface area is 114 Å². The predicted octanol–water partition coefficient (Wildman–Crippen LogP) is -2.48. The van der Waals surface area contributed by atoms with Crippen LogP contribution in [0.5, 0.6) is 0 Å². The average molecular weight is 290 g/mol. The first kappa shape index (κ1) is 22.4. The largest absolute Gasteiger partial charge is 0.412 e. The second-order valence-corrected chi connectivity index (χ2v) is 6.76. The number of nitrogens with two attached hydrogens (primary N) is 1. The number of hydrogen-bond donors (Lipinski definition) is 6. The zero-order valence-electron chi connectivity index (χ0n) is 8.65. The second kappa shape index (κ2) is 7.58. The van der Waals surface area contributed by atoms with Crippen LogP contribution in [-0.4, -0.2) is 71.3 Å². The molecule has 0 aliphatic carbocycles. The van der Waals surface area contributed by atoms with Crippen LogP contribution in [0.1, 0.15) is 12.8 Å². The molecule has 12 heteroatoms. The molecular formula is C4H15NNaO8P2. The SMILES string of the molecule is NCCCC(O)(P(=O)(O)O)P(=O)(O)O.O.[Na]. The first-order chi connectivity index (χ1) is 6.06. The van der Waals surface area contributed by atoms with Crippen molar-refractivity contribution in [3.63, 3.8) is 0 Å². The van der Waals surface area contributed by atoms with Gasteiger partial charge in [-0.1, -0.05) is 0 Å². The van der Waals surface area contributed by atoms with Gasteiger partial charge in [-0.05, 0) is 13.0 Å². The predicted molar refractivity (Wildman–Crippen MR) is 56.7 cm³/mol. The van der Waals surface area contributed by atoms with E-state index in [1.807, 2.05) is 0 Å². The van der Waals surface area contributed by atoms with E-state index in [0.29, 0.717) is 0 Å². The van der Waals surface area contributed by atoms with E-state index in [9.17, 15) is 14.2 Å². The fourth-order valence-corrected chi connectivity index (χ4v) is 3.06. The van der Waals surface area contributed by atoms with E-state index in [0.717, 1.165) is 0 Å². The Morgan fingerprint density at radius 2 is 1.38 bits per heavy atom. The van der Waals surface area contributed by atoms with Crippen molar-refractivity contribution < 1.29 is 39.3 Å². The van der Waals surface area contributed by atoms with E-state index in [4.69, 9.17) is 25.3 Å². The first-order valence-corrected chi connectivity index (χ1v) is 6.82. The number of hydrogen-bond acceptors (Lipinski definition) is 4. The summed E-state index contributed by atoms with van der Waals surface area (Å²) in [4.78, 5) is 34.5. The average Bonchev–Trinajstić information content (AvgIpc) is 1.95. The van der Waals surface area contributed by atoms with E-state index < -0.39 is 26.7 Å². The van der Waals surface area contributed by atoms with Crippen LogP contribution in [0.3, 0.4) is 0 Å². The van der Waals surface area contributed by atoms with Crippen LogP contribution in [0.25, 0.3) is 0 Å². The van der Waals surface area contributed by atoms with Crippen molar-refractivity contribution >= 4 is 44.7 Å². The van der Waals surface area contributed by atoms with Crippen LogP contribution in [0.4, 0.5) is 0 Å². The van der Waals surface area contributed by atoms with Crippen molar-refractivity contribution in [2.75, 3.05) is 6.54 Å². The molecule has 0 saturated heterocycles. The molecule has 0 aliphatic rings. The molecule has 1 radical (unpaired) electrons. The summed E-state index contributed by atoms with van der Waals surface area (Å²) in [6, 6.07) is 0. The quantitative estimate of drug-likeness (QED) is 0.236. The van der Waals surface area contributed by atoms with Crippen molar-refractivity contribution in [2.45, 2.75) is 17.9 Å². The minimum atomic E-state index is -5.30. The van der Waals surface area contributed by atoms with Gasteiger partial charge in [0.2, 0.25) is 0 Å². The molecule has 0 rings (SSSR count). The molecule has 0 aromatic heterocycles. The maximum atomic E-state index is 10.7. The summed E-state index contributed by atoms with van der Waals surface area (Å²) in [6.07, 6.45) is -0.856. The van der Waals surface area contributed by atoms with Gasteiger partial charge in [-0.25, -0.2) is 0 Å². The summed E-state index contributed by atoms with van der Waals surface area (Å²) in [6.45, 7) is -0.0394. The molecule has 0 spiro atoms. The van der Waals surface area contributed by atoms with Crippen LogP contribution in [0, 0.1) is 0 Å². The fourth-order valence-electron chi connectivity index (χ4n) is 0.800. The zero-order valence-corrected chi connectivity index (χ0v) is 12.4. The van der Waals surface area contributed by atoms with Crippen molar-refractivity contribution in [3.8, 4) is 0 Å². The number of aliphatic hydroxyl groups is 1. The molecule has 0 aromatic rings. The summed E-state index contributed by atoms with van der Waals surface area (Å²) in [7, 11) is -10.6. The van der Waals surface area contributed by atoms with Crippen LogP contribution in [0.15, 0.2) is 0 Å². The minimum absolute atomic E-state index is 0. The molecule has 0 aliphatic heterocycles. The Bertz CT molecular complexity index is 264. The maximum Gasteiger partial charge on any atom is 0.369 e. The van der Waals surface area contributed by atoms with Crippen LogP contribution in [0.2, 0.25) is 0 Å². The summed E-state index contributed by atoms with van der Waals surface area (Å²) in [5.74, 6) is 0. The van der Waals surface area contributed by atoms with Gasteiger partial charge in [0.05, 0.1) is 0 Å². The molecule has 0 atom stereocenters. The van der Waals surface area contributed by atoms with Gasteiger partial charge in [-0.15, -0.1) is 0 Å². The minimum Gasteiger partial charge on any atom is -0.412 e. The van der Waals surface area contributed by atoms with Gasteiger partial charge in [0.25, 0.3) is 5.08 Å². The fraction of sp³-hybridized carbons (Fsp3) is 1.00.